The van der Waals surface area contributed by atoms with E-state index in [1.165, 1.54) is 154 Å². The van der Waals surface area contributed by atoms with Gasteiger partial charge in [0.25, 0.3) is 0 Å². The summed E-state index contributed by atoms with van der Waals surface area (Å²) in [5, 5.41) is 0. The number of carbonyl (C=O) groups is 3. The van der Waals surface area contributed by atoms with Crippen molar-refractivity contribution in [1.82, 2.24) is 0 Å². The van der Waals surface area contributed by atoms with Gasteiger partial charge in [-0.2, -0.15) is 0 Å². The van der Waals surface area contributed by atoms with Crippen LogP contribution >= 0.6 is 0 Å². The SMILES string of the molecule is CCCCC/C=C\C/C=C\C/C=C\C/C=C\CCCC(=O)OC[C@@H](COC(=O)CCCCCCCCCCCCCCCCC)OC(=O)CCCCCCC/C=C\CCCCCCCC. The molecule has 0 bridgehead atoms. The van der Waals surface area contributed by atoms with E-state index in [4.69, 9.17) is 14.2 Å². The fourth-order valence-corrected chi connectivity index (χ4v) is 7.78. The summed E-state index contributed by atoms with van der Waals surface area (Å²) in [4.78, 5) is 38.1. The van der Waals surface area contributed by atoms with E-state index < -0.39 is 6.10 Å². The maximum absolute atomic E-state index is 12.8. The molecule has 0 rings (SSSR count). The third-order valence-electron chi connectivity index (χ3n) is 12.0. The second kappa shape index (κ2) is 53.7. The predicted octanol–water partition coefficient (Wildman–Crippen LogP) is 18.4. The highest BCUT2D eigenvalue weighted by Gasteiger charge is 2.19. The van der Waals surface area contributed by atoms with Gasteiger partial charge in [-0.05, 0) is 83.5 Å². The number of ether oxygens (including phenoxy) is 3. The van der Waals surface area contributed by atoms with Crippen molar-refractivity contribution in [1.29, 1.82) is 0 Å². The summed E-state index contributed by atoms with van der Waals surface area (Å²) in [6, 6.07) is 0. The van der Waals surface area contributed by atoms with E-state index >= 15 is 0 Å². The van der Waals surface area contributed by atoms with E-state index in [1.807, 2.05) is 0 Å². The topological polar surface area (TPSA) is 78.9 Å². The van der Waals surface area contributed by atoms with Crippen LogP contribution in [0, 0.1) is 0 Å². The number of esters is 3. The van der Waals surface area contributed by atoms with Crippen molar-refractivity contribution < 1.29 is 28.6 Å². The summed E-state index contributed by atoms with van der Waals surface area (Å²) in [6.07, 6.45) is 66.4. The second-order valence-corrected chi connectivity index (χ2v) is 18.5. The van der Waals surface area contributed by atoms with Crippen molar-refractivity contribution in [2.45, 2.75) is 284 Å². The molecule has 65 heavy (non-hydrogen) atoms. The molecule has 0 saturated heterocycles. The van der Waals surface area contributed by atoms with Gasteiger partial charge in [0.05, 0.1) is 0 Å². The number of hydrogen-bond acceptors (Lipinski definition) is 6. The van der Waals surface area contributed by atoms with Crippen molar-refractivity contribution in [2.24, 2.45) is 0 Å². The van der Waals surface area contributed by atoms with Crippen LogP contribution in [-0.4, -0.2) is 37.2 Å². The first-order valence-corrected chi connectivity index (χ1v) is 27.8. The molecule has 0 heterocycles. The average Bonchev–Trinajstić information content (AvgIpc) is 3.30. The van der Waals surface area contributed by atoms with Crippen LogP contribution in [0.3, 0.4) is 0 Å². The number of carbonyl (C=O) groups excluding carboxylic acids is 3. The van der Waals surface area contributed by atoms with Crippen LogP contribution in [0.25, 0.3) is 0 Å². The molecule has 1 atom stereocenters. The number of unbranched alkanes of at least 4 members (excludes halogenated alkanes) is 29. The summed E-state index contributed by atoms with van der Waals surface area (Å²) in [5.41, 5.74) is 0. The summed E-state index contributed by atoms with van der Waals surface area (Å²) < 4.78 is 16.8. The quantitative estimate of drug-likeness (QED) is 0.0262. The highest BCUT2D eigenvalue weighted by atomic mass is 16.6. The van der Waals surface area contributed by atoms with Crippen LogP contribution in [0.1, 0.15) is 278 Å². The maximum atomic E-state index is 12.8. The molecule has 0 aromatic rings. The lowest BCUT2D eigenvalue weighted by Crippen LogP contribution is -2.30. The van der Waals surface area contributed by atoms with Gasteiger partial charge in [0.15, 0.2) is 6.10 Å². The van der Waals surface area contributed by atoms with Gasteiger partial charge in [0.1, 0.15) is 13.2 Å². The van der Waals surface area contributed by atoms with E-state index in [2.05, 4.69) is 81.5 Å². The van der Waals surface area contributed by atoms with Crippen LogP contribution in [0.2, 0.25) is 0 Å². The smallest absolute Gasteiger partial charge is 0.306 e. The molecule has 0 aromatic carbocycles. The Morgan fingerprint density at radius 3 is 0.969 bits per heavy atom. The standard InChI is InChI=1S/C59H104O6/c1-4-7-10-13-16-19-22-25-28-29-32-34-37-40-43-46-49-52-58(61)64-55-56(65-59(62)53-50-47-44-41-38-35-31-27-24-21-18-15-12-9-6-3)54-63-57(60)51-48-45-42-39-36-33-30-26-23-20-17-14-11-8-5-2/h16,19,25,27-28,31-32,34,40,43,56H,4-15,17-18,20-24,26,29-30,33,35-39,41-42,44-55H2,1-3H3/b19-16-,28-25-,31-27-,34-32-,43-40-/t56-/m1/s1. The second-order valence-electron chi connectivity index (χ2n) is 18.5. The van der Waals surface area contributed by atoms with Gasteiger partial charge >= 0.3 is 17.9 Å². The fraction of sp³-hybridized carbons (Fsp3) is 0.780. The lowest BCUT2D eigenvalue weighted by Gasteiger charge is -2.18. The van der Waals surface area contributed by atoms with Gasteiger partial charge < -0.3 is 14.2 Å². The zero-order valence-electron chi connectivity index (χ0n) is 43.0. The molecule has 376 valence electrons. The molecular weight excluding hydrogens is 805 g/mol. The lowest BCUT2D eigenvalue weighted by atomic mass is 10.0. The zero-order chi connectivity index (χ0) is 47.2. The van der Waals surface area contributed by atoms with Gasteiger partial charge in [-0.25, -0.2) is 0 Å². The molecule has 0 radical (unpaired) electrons. The van der Waals surface area contributed by atoms with E-state index in [1.54, 1.807) is 0 Å². The normalized spacial score (nSPS) is 12.5. The third-order valence-corrected chi connectivity index (χ3v) is 12.0. The molecule has 0 aliphatic rings. The molecule has 0 aromatic heterocycles. The van der Waals surface area contributed by atoms with E-state index in [0.717, 1.165) is 77.0 Å². The molecule has 0 fully saturated rings. The minimum absolute atomic E-state index is 0.0921. The Bertz CT molecular complexity index is 1180. The van der Waals surface area contributed by atoms with Gasteiger partial charge in [-0.15, -0.1) is 0 Å². The Morgan fingerprint density at radius 1 is 0.308 bits per heavy atom. The minimum Gasteiger partial charge on any atom is -0.462 e. The summed E-state index contributed by atoms with van der Waals surface area (Å²) in [5.74, 6) is -0.950. The first-order chi connectivity index (χ1) is 32.0. The summed E-state index contributed by atoms with van der Waals surface area (Å²) >= 11 is 0. The van der Waals surface area contributed by atoms with Crippen LogP contribution in [0.15, 0.2) is 60.8 Å². The number of rotatable bonds is 50. The van der Waals surface area contributed by atoms with Gasteiger partial charge in [0, 0.05) is 19.3 Å². The molecular formula is C59H104O6. The highest BCUT2D eigenvalue weighted by Crippen LogP contribution is 2.15. The first kappa shape index (κ1) is 62.1. The first-order valence-electron chi connectivity index (χ1n) is 27.8. The van der Waals surface area contributed by atoms with E-state index in [-0.39, 0.29) is 37.5 Å². The molecule has 0 N–H and O–H groups in total. The Labute approximate surface area is 402 Å². The molecule has 0 saturated carbocycles. The monoisotopic (exact) mass is 909 g/mol. The molecule has 0 amide bonds. The van der Waals surface area contributed by atoms with Crippen LogP contribution in [-0.2, 0) is 28.6 Å². The van der Waals surface area contributed by atoms with Crippen molar-refractivity contribution in [2.75, 3.05) is 13.2 Å². The van der Waals surface area contributed by atoms with Gasteiger partial charge in [0.2, 0.25) is 0 Å². The van der Waals surface area contributed by atoms with Crippen LogP contribution in [0.4, 0.5) is 0 Å². The van der Waals surface area contributed by atoms with Crippen molar-refractivity contribution in [3.05, 3.63) is 60.8 Å². The summed E-state index contributed by atoms with van der Waals surface area (Å²) in [6.45, 7) is 6.57. The number of hydrogen-bond donors (Lipinski definition) is 0. The van der Waals surface area contributed by atoms with Crippen LogP contribution in [0.5, 0.6) is 0 Å². The largest absolute Gasteiger partial charge is 0.462 e. The predicted molar refractivity (Wildman–Crippen MR) is 279 cm³/mol. The van der Waals surface area contributed by atoms with E-state index in [0.29, 0.717) is 19.3 Å². The molecule has 0 spiro atoms. The Balaban J connectivity index is 4.46. The van der Waals surface area contributed by atoms with Gasteiger partial charge in [-0.1, -0.05) is 236 Å². The molecule has 0 aliphatic carbocycles. The lowest BCUT2D eigenvalue weighted by molar-refractivity contribution is -0.167. The molecule has 0 unspecified atom stereocenters. The molecule has 6 nitrogen and oxygen atoms in total. The Morgan fingerprint density at radius 2 is 0.569 bits per heavy atom. The molecule has 6 heteroatoms. The average molecular weight is 909 g/mol. The fourth-order valence-electron chi connectivity index (χ4n) is 7.78. The third kappa shape index (κ3) is 51.9. The van der Waals surface area contributed by atoms with Crippen molar-refractivity contribution in [3.8, 4) is 0 Å². The van der Waals surface area contributed by atoms with Crippen molar-refractivity contribution >= 4 is 17.9 Å². The zero-order valence-corrected chi connectivity index (χ0v) is 43.0. The highest BCUT2D eigenvalue weighted by molar-refractivity contribution is 5.71. The molecule has 0 aliphatic heterocycles. The van der Waals surface area contributed by atoms with Gasteiger partial charge in [-0.3, -0.25) is 14.4 Å². The summed E-state index contributed by atoms with van der Waals surface area (Å²) in [7, 11) is 0. The number of allylic oxidation sites excluding steroid dienone is 10. The maximum Gasteiger partial charge on any atom is 0.306 e. The van der Waals surface area contributed by atoms with E-state index in [9.17, 15) is 14.4 Å². The Hall–Kier alpha value is -2.89. The van der Waals surface area contributed by atoms with Crippen LogP contribution < -0.4 is 0 Å². The minimum atomic E-state index is -0.798. The van der Waals surface area contributed by atoms with Crippen molar-refractivity contribution in [3.63, 3.8) is 0 Å². The Kier molecular flexibility index (Phi) is 51.3.